The molecule has 0 atom stereocenters. The predicted molar refractivity (Wildman–Crippen MR) is 103 cm³/mol. The molecule has 0 bridgehead atoms. The largest absolute Gasteiger partial charge is 0.573 e. The topological polar surface area (TPSA) is 64.3 Å². The molecule has 33 heavy (non-hydrogen) atoms. The van der Waals surface area contributed by atoms with Gasteiger partial charge < -0.3 is 9.26 Å². The molecule has 1 fully saturated rings. The van der Waals surface area contributed by atoms with E-state index in [4.69, 9.17) is 4.52 Å². The molecular formula is C21H18F6N4O2. The lowest BCUT2D eigenvalue weighted by molar-refractivity contribution is -0.274. The molecule has 0 aliphatic carbocycles. The third-order valence-corrected chi connectivity index (χ3v) is 5.25. The van der Waals surface area contributed by atoms with Gasteiger partial charge in [0.05, 0.1) is 0 Å². The Bertz CT molecular complexity index is 1060. The second-order valence-corrected chi connectivity index (χ2v) is 7.63. The minimum absolute atomic E-state index is 0.00692. The number of hydrogen-bond acceptors (Lipinski definition) is 6. The summed E-state index contributed by atoms with van der Waals surface area (Å²) in [5.41, 5.74) is 0.191. The van der Waals surface area contributed by atoms with Gasteiger partial charge in [-0.3, -0.25) is 9.88 Å². The van der Waals surface area contributed by atoms with Crippen LogP contribution < -0.4 is 4.74 Å². The van der Waals surface area contributed by atoms with Gasteiger partial charge in [-0.25, -0.2) is 0 Å². The van der Waals surface area contributed by atoms with Gasteiger partial charge in [0.2, 0.25) is 11.7 Å². The SMILES string of the molecule is FC(F)(F)Oc1ccc(CN2CCC(c3nc(-c4ccc(C(F)(F)F)nc4)no3)CC2)cc1. The monoisotopic (exact) mass is 472 g/mol. The number of piperidine rings is 1. The van der Waals surface area contributed by atoms with Gasteiger partial charge in [0, 0.05) is 24.2 Å². The summed E-state index contributed by atoms with van der Waals surface area (Å²) in [7, 11) is 0. The summed E-state index contributed by atoms with van der Waals surface area (Å²) in [5.74, 6) is 0.334. The average molecular weight is 472 g/mol. The van der Waals surface area contributed by atoms with E-state index in [1.165, 1.54) is 18.2 Å². The number of rotatable bonds is 5. The smallest absolute Gasteiger partial charge is 0.406 e. The molecule has 0 amide bonds. The minimum Gasteiger partial charge on any atom is -0.406 e. The van der Waals surface area contributed by atoms with Gasteiger partial charge in [-0.1, -0.05) is 17.3 Å². The summed E-state index contributed by atoms with van der Waals surface area (Å²) in [4.78, 5) is 9.88. The van der Waals surface area contributed by atoms with E-state index < -0.39 is 18.2 Å². The van der Waals surface area contributed by atoms with Crippen molar-refractivity contribution in [2.24, 2.45) is 0 Å². The number of hydrogen-bond donors (Lipinski definition) is 0. The van der Waals surface area contributed by atoms with Gasteiger partial charge in [-0.05, 0) is 55.8 Å². The zero-order chi connectivity index (χ0) is 23.6. The maximum Gasteiger partial charge on any atom is 0.573 e. The van der Waals surface area contributed by atoms with Crippen LogP contribution in [0.15, 0.2) is 47.1 Å². The summed E-state index contributed by atoms with van der Waals surface area (Å²) >= 11 is 0. The molecule has 12 heteroatoms. The van der Waals surface area contributed by atoms with Crippen molar-refractivity contribution in [1.29, 1.82) is 0 Å². The maximum absolute atomic E-state index is 12.7. The third kappa shape index (κ3) is 6.01. The van der Waals surface area contributed by atoms with E-state index in [0.717, 1.165) is 30.7 Å². The Morgan fingerprint density at radius 1 is 0.970 bits per heavy atom. The van der Waals surface area contributed by atoms with Crippen molar-refractivity contribution >= 4 is 0 Å². The lowest BCUT2D eigenvalue weighted by Gasteiger charge is -2.30. The number of aromatic nitrogens is 3. The summed E-state index contributed by atoms with van der Waals surface area (Å²) in [6.07, 6.45) is -6.73. The van der Waals surface area contributed by atoms with Crippen molar-refractivity contribution < 1.29 is 35.6 Å². The Balaban J connectivity index is 1.31. The second kappa shape index (κ2) is 9.00. The van der Waals surface area contributed by atoms with E-state index in [2.05, 4.69) is 24.8 Å². The van der Waals surface area contributed by atoms with E-state index in [9.17, 15) is 26.3 Å². The van der Waals surface area contributed by atoms with Crippen molar-refractivity contribution in [3.63, 3.8) is 0 Å². The van der Waals surface area contributed by atoms with Crippen LogP contribution in [0.25, 0.3) is 11.4 Å². The van der Waals surface area contributed by atoms with Gasteiger partial charge in [0.25, 0.3) is 0 Å². The normalized spacial score (nSPS) is 16.2. The summed E-state index contributed by atoms with van der Waals surface area (Å²) in [5, 5.41) is 3.86. The first-order valence-electron chi connectivity index (χ1n) is 10.0. The first kappa shape index (κ1) is 23.0. The maximum atomic E-state index is 12.7. The highest BCUT2D eigenvalue weighted by Gasteiger charge is 2.33. The highest BCUT2D eigenvalue weighted by Crippen LogP contribution is 2.31. The molecule has 0 spiro atoms. The van der Waals surface area contributed by atoms with E-state index in [-0.39, 0.29) is 17.5 Å². The molecule has 0 unspecified atom stereocenters. The van der Waals surface area contributed by atoms with E-state index in [0.29, 0.717) is 31.1 Å². The van der Waals surface area contributed by atoms with Crippen LogP contribution in [-0.4, -0.2) is 39.5 Å². The lowest BCUT2D eigenvalue weighted by Crippen LogP contribution is -2.32. The van der Waals surface area contributed by atoms with Crippen LogP contribution in [0, 0.1) is 0 Å². The van der Waals surface area contributed by atoms with E-state index in [1.54, 1.807) is 12.1 Å². The summed E-state index contributed by atoms with van der Waals surface area (Å²) in [6, 6.07) is 7.87. The fourth-order valence-corrected chi connectivity index (χ4v) is 3.60. The molecule has 176 valence electrons. The number of likely N-dealkylation sites (tertiary alicyclic amines) is 1. The quantitative estimate of drug-likeness (QED) is 0.462. The molecule has 0 N–H and O–H groups in total. The highest BCUT2D eigenvalue weighted by atomic mass is 19.4. The molecule has 3 aromatic rings. The van der Waals surface area contributed by atoms with Gasteiger partial charge in [0.15, 0.2) is 0 Å². The number of benzene rings is 1. The fourth-order valence-electron chi connectivity index (χ4n) is 3.60. The molecule has 1 aliphatic rings. The number of alkyl halides is 6. The van der Waals surface area contributed by atoms with Crippen LogP contribution in [0.2, 0.25) is 0 Å². The van der Waals surface area contributed by atoms with Crippen LogP contribution >= 0.6 is 0 Å². The Morgan fingerprint density at radius 2 is 1.67 bits per heavy atom. The fraction of sp³-hybridized carbons (Fsp3) is 0.381. The molecule has 0 saturated carbocycles. The van der Waals surface area contributed by atoms with Crippen molar-refractivity contribution in [2.45, 2.75) is 37.8 Å². The number of ether oxygens (including phenoxy) is 1. The molecule has 6 nitrogen and oxygen atoms in total. The van der Waals surface area contributed by atoms with Gasteiger partial charge in [-0.2, -0.15) is 18.2 Å². The van der Waals surface area contributed by atoms with Crippen LogP contribution in [0.3, 0.4) is 0 Å². The number of pyridine rings is 1. The van der Waals surface area contributed by atoms with Crippen LogP contribution in [0.4, 0.5) is 26.3 Å². The molecule has 3 heterocycles. The molecule has 4 rings (SSSR count). The van der Waals surface area contributed by atoms with Crippen molar-refractivity contribution in [3.05, 3.63) is 59.7 Å². The average Bonchev–Trinajstić information content (AvgIpc) is 3.24. The summed E-state index contributed by atoms with van der Waals surface area (Å²) < 4.78 is 83.9. The Kier molecular flexibility index (Phi) is 6.28. The van der Waals surface area contributed by atoms with Gasteiger partial charge in [-0.15, -0.1) is 13.2 Å². The molecule has 2 aromatic heterocycles. The Morgan fingerprint density at radius 3 is 2.24 bits per heavy atom. The molecule has 0 radical (unpaired) electrons. The van der Waals surface area contributed by atoms with Gasteiger partial charge >= 0.3 is 12.5 Å². The standard InChI is InChI=1S/C21H18F6N4O2/c22-20(23,24)17-6-3-15(11-28-17)18-29-19(33-30-18)14-7-9-31(10-8-14)12-13-1-4-16(5-2-13)32-21(25,26)27/h1-6,11,14H,7-10,12H2. The summed E-state index contributed by atoms with van der Waals surface area (Å²) in [6.45, 7) is 2.00. The highest BCUT2D eigenvalue weighted by molar-refractivity contribution is 5.52. The predicted octanol–water partition coefficient (Wildman–Crippen LogP) is 5.43. The zero-order valence-corrected chi connectivity index (χ0v) is 17.0. The Labute approximate surface area is 184 Å². The van der Waals surface area contributed by atoms with Crippen LogP contribution in [-0.2, 0) is 12.7 Å². The molecule has 1 aliphatic heterocycles. The Hall–Kier alpha value is -3.15. The number of halogens is 6. The van der Waals surface area contributed by atoms with Crippen molar-refractivity contribution in [1.82, 2.24) is 20.0 Å². The first-order valence-corrected chi connectivity index (χ1v) is 10.0. The zero-order valence-electron chi connectivity index (χ0n) is 17.0. The minimum atomic E-state index is -4.72. The van der Waals surface area contributed by atoms with E-state index in [1.807, 2.05) is 0 Å². The second-order valence-electron chi connectivity index (χ2n) is 7.63. The third-order valence-electron chi connectivity index (χ3n) is 5.25. The lowest BCUT2D eigenvalue weighted by atomic mass is 9.96. The number of nitrogens with zero attached hydrogens (tertiary/aromatic N) is 4. The van der Waals surface area contributed by atoms with Gasteiger partial charge in [0.1, 0.15) is 11.4 Å². The molecule has 1 aromatic carbocycles. The van der Waals surface area contributed by atoms with Crippen LogP contribution in [0.1, 0.15) is 35.9 Å². The van der Waals surface area contributed by atoms with Crippen LogP contribution in [0.5, 0.6) is 5.75 Å². The van der Waals surface area contributed by atoms with Crippen molar-refractivity contribution in [2.75, 3.05) is 13.1 Å². The molecular weight excluding hydrogens is 454 g/mol. The van der Waals surface area contributed by atoms with E-state index >= 15 is 0 Å². The first-order chi connectivity index (χ1) is 15.6. The molecule has 1 saturated heterocycles. The van der Waals surface area contributed by atoms with Crippen molar-refractivity contribution in [3.8, 4) is 17.1 Å².